The molecule has 1 fully saturated rings. The SMILES string of the molecule is CN(C)C(=S)SCC(=O)NNC(=O)C[C@@H]1CCS(=O)(=O)C1. The van der Waals surface area contributed by atoms with Gasteiger partial charge in [-0.15, -0.1) is 0 Å². The van der Waals surface area contributed by atoms with Crippen molar-refractivity contribution in [1.29, 1.82) is 0 Å². The second kappa shape index (κ2) is 7.95. The van der Waals surface area contributed by atoms with Gasteiger partial charge in [-0.1, -0.05) is 24.0 Å². The maximum Gasteiger partial charge on any atom is 0.248 e. The summed E-state index contributed by atoms with van der Waals surface area (Å²) < 4.78 is 23.1. The molecule has 120 valence electrons. The number of thioether (sulfide) groups is 1. The van der Waals surface area contributed by atoms with Crippen molar-refractivity contribution in [2.45, 2.75) is 12.8 Å². The Balaban J connectivity index is 2.21. The zero-order chi connectivity index (χ0) is 16.0. The standard InChI is InChI=1S/C11H19N3O4S3/c1-14(2)11(19)20-6-10(16)13-12-9(15)5-8-3-4-21(17,18)7-8/h8H,3-7H2,1-2H3,(H,12,15)(H,13,16)/t8-/m0/s1. The van der Waals surface area contributed by atoms with E-state index in [0.29, 0.717) is 10.7 Å². The van der Waals surface area contributed by atoms with Crippen molar-refractivity contribution in [3.8, 4) is 0 Å². The predicted molar refractivity (Wildman–Crippen MR) is 86.4 cm³/mol. The van der Waals surface area contributed by atoms with E-state index < -0.39 is 9.84 Å². The molecule has 0 aromatic carbocycles. The molecule has 10 heteroatoms. The Hall–Kier alpha value is -0.870. The van der Waals surface area contributed by atoms with Crippen molar-refractivity contribution in [3.05, 3.63) is 0 Å². The van der Waals surface area contributed by atoms with Crippen molar-refractivity contribution >= 4 is 50.0 Å². The second-order valence-electron chi connectivity index (χ2n) is 5.02. The van der Waals surface area contributed by atoms with Crippen LogP contribution in [0.25, 0.3) is 0 Å². The highest BCUT2D eigenvalue weighted by Gasteiger charge is 2.29. The van der Waals surface area contributed by atoms with E-state index in [0.717, 1.165) is 0 Å². The maximum atomic E-state index is 11.6. The second-order valence-corrected chi connectivity index (χ2v) is 8.86. The van der Waals surface area contributed by atoms with Crippen LogP contribution in [0.2, 0.25) is 0 Å². The van der Waals surface area contributed by atoms with Crippen molar-refractivity contribution in [1.82, 2.24) is 15.8 Å². The Morgan fingerprint density at radius 3 is 2.43 bits per heavy atom. The number of hydrogen-bond acceptors (Lipinski definition) is 6. The van der Waals surface area contributed by atoms with Crippen molar-refractivity contribution < 1.29 is 18.0 Å². The Kier molecular flexibility index (Phi) is 6.88. The van der Waals surface area contributed by atoms with Gasteiger partial charge in [-0.3, -0.25) is 20.4 Å². The molecular weight excluding hydrogens is 334 g/mol. The summed E-state index contributed by atoms with van der Waals surface area (Å²) in [7, 11) is 0.576. The molecule has 1 aliphatic heterocycles. The van der Waals surface area contributed by atoms with Crippen LogP contribution >= 0.6 is 24.0 Å². The molecule has 0 aliphatic carbocycles. The molecule has 0 saturated carbocycles. The summed E-state index contributed by atoms with van der Waals surface area (Å²) in [5.41, 5.74) is 4.57. The highest BCUT2D eigenvalue weighted by molar-refractivity contribution is 8.23. The summed E-state index contributed by atoms with van der Waals surface area (Å²) in [4.78, 5) is 24.8. The van der Waals surface area contributed by atoms with Crippen LogP contribution in [-0.2, 0) is 19.4 Å². The van der Waals surface area contributed by atoms with Gasteiger partial charge in [0.25, 0.3) is 0 Å². The van der Waals surface area contributed by atoms with Crippen LogP contribution in [0.4, 0.5) is 0 Å². The van der Waals surface area contributed by atoms with Gasteiger partial charge in [0.15, 0.2) is 9.84 Å². The van der Waals surface area contributed by atoms with Gasteiger partial charge in [0, 0.05) is 20.5 Å². The van der Waals surface area contributed by atoms with Crippen molar-refractivity contribution in [2.24, 2.45) is 5.92 Å². The molecule has 2 amide bonds. The molecule has 7 nitrogen and oxygen atoms in total. The number of nitrogens with one attached hydrogen (secondary N) is 2. The lowest BCUT2D eigenvalue weighted by Gasteiger charge is -2.13. The van der Waals surface area contributed by atoms with Crippen LogP contribution in [0.5, 0.6) is 0 Å². The molecule has 0 aromatic rings. The first-order valence-electron chi connectivity index (χ1n) is 6.32. The molecular formula is C11H19N3O4S3. The zero-order valence-corrected chi connectivity index (χ0v) is 14.4. The topological polar surface area (TPSA) is 95.6 Å². The molecule has 21 heavy (non-hydrogen) atoms. The first kappa shape index (κ1) is 18.2. The van der Waals surface area contributed by atoms with Gasteiger partial charge in [-0.2, -0.15) is 0 Å². The van der Waals surface area contributed by atoms with Crippen LogP contribution in [0.15, 0.2) is 0 Å². The number of thiocarbonyl (C=S) groups is 1. The summed E-state index contributed by atoms with van der Waals surface area (Å²) in [6.07, 6.45) is 0.597. The smallest absolute Gasteiger partial charge is 0.248 e. The van der Waals surface area contributed by atoms with Crippen LogP contribution in [0, 0.1) is 5.92 Å². The number of carbonyl (C=O) groups excluding carboxylic acids is 2. The first-order chi connectivity index (χ1) is 9.69. The lowest BCUT2D eigenvalue weighted by Crippen LogP contribution is -2.43. The number of hydrogen-bond donors (Lipinski definition) is 2. The van der Waals surface area contributed by atoms with E-state index in [9.17, 15) is 18.0 Å². The number of rotatable bonds is 4. The van der Waals surface area contributed by atoms with Gasteiger partial charge in [-0.25, -0.2) is 8.42 Å². The van der Waals surface area contributed by atoms with Gasteiger partial charge >= 0.3 is 0 Å². The zero-order valence-electron chi connectivity index (χ0n) is 11.9. The van der Waals surface area contributed by atoms with Gasteiger partial charge in [-0.05, 0) is 12.3 Å². The summed E-state index contributed by atoms with van der Waals surface area (Å²) in [6.45, 7) is 0. The van der Waals surface area contributed by atoms with Crippen LogP contribution < -0.4 is 10.9 Å². The van der Waals surface area contributed by atoms with Gasteiger partial charge in [0.05, 0.1) is 17.3 Å². The largest absolute Gasteiger partial charge is 0.364 e. The van der Waals surface area contributed by atoms with E-state index in [2.05, 4.69) is 10.9 Å². The van der Waals surface area contributed by atoms with E-state index >= 15 is 0 Å². The molecule has 0 bridgehead atoms. The molecule has 1 atom stereocenters. The molecule has 0 spiro atoms. The average molecular weight is 353 g/mol. The fraction of sp³-hybridized carbons (Fsp3) is 0.727. The summed E-state index contributed by atoms with van der Waals surface area (Å²) in [6, 6.07) is 0. The van der Waals surface area contributed by atoms with Crippen LogP contribution in [0.1, 0.15) is 12.8 Å². The summed E-state index contributed by atoms with van der Waals surface area (Å²) >= 11 is 6.21. The molecule has 0 unspecified atom stereocenters. The predicted octanol–water partition coefficient (Wildman–Crippen LogP) is -0.462. The van der Waals surface area contributed by atoms with E-state index in [1.807, 2.05) is 0 Å². The molecule has 2 N–H and O–H groups in total. The number of hydrazine groups is 1. The molecule has 0 radical (unpaired) electrons. The monoisotopic (exact) mass is 353 g/mol. The molecule has 1 saturated heterocycles. The van der Waals surface area contributed by atoms with Gasteiger partial charge in [0.2, 0.25) is 11.8 Å². The number of carbonyl (C=O) groups is 2. The molecule has 1 heterocycles. The van der Waals surface area contributed by atoms with E-state index in [1.165, 1.54) is 11.8 Å². The van der Waals surface area contributed by atoms with Gasteiger partial charge < -0.3 is 4.90 Å². The first-order valence-corrected chi connectivity index (χ1v) is 9.53. The number of amides is 2. The van der Waals surface area contributed by atoms with Crippen molar-refractivity contribution in [2.75, 3.05) is 31.4 Å². The summed E-state index contributed by atoms with van der Waals surface area (Å²) in [5.74, 6) is -0.628. The minimum Gasteiger partial charge on any atom is -0.364 e. The van der Waals surface area contributed by atoms with E-state index in [4.69, 9.17) is 12.2 Å². The Morgan fingerprint density at radius 2 is 1.90 bits per heavy atom. The minimum absolute atomic E-state index is 0.0430. The number of nitrogens with zero attached hydrogens (tertiary/aromatic N) is 1. The highest BCUT2D eigenvalue weighted by Crippen LogP contribution is 2.21. The van der Waals surface area contributed by atoms with Gasteiger partial charge in [0.1, 0.15) is 4.32 Å². The van der Waals surface area contributed by atoms with E-state index in [1.54, 1.807) is 19.0 Å². The third-order valence-electron chi connectivity index (χ3n) is 2.83. The Bertz CT molecular complexity index is 519. The summed E-state index contributed by atoms with van der Waals surface area (Å²) in [5, 5.41) is 0. The molecule has 0 aromatic heterocycles. The third-order valence-corrected chi connectivity index (χ3v) is 6.41. The highest BCUT2D eigenvalue weighted by atomic mass is 32.2. The molecule has 1 rings (SSSR count). The maximum absolute atomic E-state index is 11.6. The lowest BCUT2D eigenvalue weighted by molar-refractivity contribution is -0.128. The average Bonchev–Trinajstić information content (AvgIpc) is 2.72. The lowest BCUT2D eigenvalue weighted by atomic mass is 10.1. The van der Waals surface area contributed by atoms with Crippen LogP contribution in [-0.4, -0.2) is 60.8 Å². The van der Waals surface area contributed by atoms with Crippen molar-refractivity contribution in [3.63, 3.8) is 0 Å². The Morgan fingerprint density at radius 1 is 1.29 bits per heavy atom. The minimum atomic E-state index is -2.99. The fourth-order valence-corrected chi connectivity index (χ4v) is 4.40. The third kappa shape index (κ3) is 7.09. The molecule has 1 aliphatic rings. The van der Waals surface area contributed by atoms with E-state index in [-0.39, 0.29) is 41.4 Å². The fourth-order valence-electron chi connectivity index (χ4n) is 1.78. The normalized spacial score (nSPS) is 19.8. The Labute approximate surface area is 134 Å². The van der Waals surface area contributed by atoms with Crippen LogP contribution in [0.3, 0.4) is 0 Å². The quantitative estimate of drug-likeness (QED) is 0.521. The number of sulfone groups is 1.